The number of carbonyl (C=O) groups is 1. The summed E-state index contributed by atoms with van der Waals surface area (Å²) in [6.45, 7) is 0.493. The van der Waals surface area contributed by atoms with Crippen molar-refractivity contribution in [3.05, 3.63) is 76.0 Å². The first-order chi connectivity index (χ1) is 14.0. The summed E-state index contributed by atoms with van der Waals surface area (Å²) in [5, 5.41) is 32.5. The van der Waals surface area contributed by atoms with Gasteiger partial charge in [0, 0.05) is 47.0 Å². The van der Waals surface area contributed by atoms with Crippen LogP contribution in [0.2, 0.25) is 0 Å². The number of aromatic nitrogens is 1. The molecule has 1 amide bonds. The fourth-order valence-corrected chi connectivity index (χ4v) is 2.95. The summed E-state index contributed by atoms with van der Waals surface area (Å²) in [6.07, 6.45) is 3.60. The van der Waals surface area contributed by atoms with E-state index in [4.69, 9.17) is 5.26 Å². The molecule has 0 aliphatic heterocycles. The number of anilines is 1. The minimum absolute atomic E-state index is 0.139. The molecule has 0 aliphatic carbocycles. The first-order valence-electron chi connectivity index (χ1n) is 8.66. The van der Waals surface area contributed by atoms with Crippen molar-refractivity contribution in [3.63, 3.8) is 0 Å². The highest BCUT2D eigenvalue weighted by molar-refractivity contribution is 6.10. The molecule has 1 N–H and O–H groups in total. The van der Waals surface area contributed by atoms with E-state index in [1.165, 1.54) is 30.3 Å². The van der Waals surface area contributed by atoms with Gasteiger partial charge in [-0.05, 0) is 18.2 Å². The summed E-state index contributed by atoms with van der Waals surface area (Å²) in [6, 6.07) is 17.0. The summed E-state index contributed by atoms with van der Waals surface area (Å²) < 4.78 is 1.90. The van der Waals surface area contributed by atoms with Gasteiger partial charge >= 0.3 is 0 Å². The quantitative estimate of drug-likeness (QED) is 0.297. The van der Waals surface area contributed by atoms with Crippen LogP contribution in [0.15, 0.2) is 60.3 Å². The summed E-state index contributed by atoms with van der Waals surface area (Å²) >= 11 is 0. The van der Waals surface area contributed by atoms with Crippen molar-refractivity contribution in [2.75, 3.05) is 5.32 Å². The Morgan fingerprint density at radius 1 is 1.21 bits per heavy atom. The Morgan fingerprint density at radius 3 is 2.72 bits per heavy atom. The number of nitrogens with zero attached hydrogens (tertiary/aromatic N) is 4. The summed E-state index contributed by atoms with van der Waals surface area (Å²) in [4.78, 5) is 22.8. The third-order valence-electron chi connectivity index (χ3n) is 4.26. The molecule has 1 heterocycles. The van der Waals surface area contributed by atoms with Crippen LogP contribution in [0, 0.1) is 32.8 Å². The van der Waals surface area contributed by atoms with Crippen molar-refractivity contribution in [2.45, 2.75) is 13.0 Å². The minimum Gasteiger partial charge on any atom is -0.346 e. The highest BCUT2D eigenvalue weighted by Gasteiger charge is 2.14. The van der Waals surface area contributed by atoms with Gasteiger partial charge in [0.1, 0.15) is 11.6 Å². The van der Waals surface area contributed by atoms with Crippen molar-refractivity contribution in [1.82, 2.24) is 4.57 Å². The molecule has 0 spiro atoms. The Balaban J connectivity index is 1.93. The second-order valence-corrected chi connectivity index (χ2v) is 6.13. The third kappa shape index (κ3) is 4.29. The van der Waals surface area contributed by atoms with Gasteiger partial charge in [-0.25, -0.2) is 0 Å². The van der Waals surface area contributed by atoms with Crippen LogP contribution >= 0.6 is 0 Å². The van der Waals surface area contributed by atoms with Gasteiger partial charge in [-0.15, -0.1) is 0 Å². The largest absolute Gasteiger partial charge is 0.346 e. The van der Waals surface area contributed by atoms with Gasteiger partial charge in [-0.3, -0.25) is 14.9 Å². The Morgan fingerprint density at radius 2 is 2.00 bits per heavy atom. The number of nitrogens with one attached hydrogen (secondary N) is 1. The Hall–Kier alpha value is -4.43. The van der Waals surface area contributed by atoms with E-state index in [9.17, 15) is 20.2 Å². The number of fused-ring (bicyclic) bond motifs is 1. The number of hydrogen-bond donors (Lipinski definition) is 1. The predicted molar refractivity (Wildman–Crippen MR) is 107 cm³/mol. The number of para-hydroxylation sites is 1. The number of nitro benzene ring substituents is 1. The van der Waals surface area contributed by atoms with Crippen LogP contribution < -0.4 is 5.32 Å². The maximum atomic E-state index is 12.5. The summed E-state index contributed by atoms with van der Waals surface area (Å²) in [5.74, 6) is -0.665. The zero-order valence-corrected chi connectivity index (χ0v) is 15.2. The van der Waals surface area contributed by atoms with Crippen LogP contribution in [0.4, 0.5) is 11.4 Å². The maximum absolute atomic E-state index is 12.5. The molecular weight excluding hydrogens is 370 g/mol. The Bertz CT molecular complexity index is 1210. The van der Waals surface area contributed by atoms with Gasteiger partial charge in [0.15, 0.2) is 0 Å². The first-order valence-corrected chi connectivity index (χ1v) is 8.66. The van der Waals surface area contributed by atoms with E-state index in [1.807, 2.05) is 34.9 Å². The van der Waals surface area contributed by atoms with E-state index in [0.717, 1.165) is 10.9 Å². The SMILES string of the molecule is N#CCCn1cc(C=C(C#N)C(=O)Nc2cccc([N+](=O)[O-])c2)c2ccccc21. The molecule has 0 fully saturated rings. The van der Waals surface area contributed by atoms with Crippen LogP contribution in [0.25, 0.3) is 17.0 Å². The smallest absolute Gasteiger partial charge is 0.271 e. The van der Waals surface area contributed by atoms with Crippen LogP contribution in [0.5, 0.6) is 0 Å². The van der Waals surface area contributed by atoms with Crippen LogP contribution in [-0.2, 0) is 11.3 Å². The van der Waals surface area contributed by atoms with Gasteiger partial charge < -0.3 is 9.88 Å². The lowest BCUT2D eigenvalue weighted by Crippen LogP contribution is -2.13. The van der Waals surface area contributed by atoms with E-state index in [-0.39, 0.29) is 16.9 Å². The molecule has 142 valence electrons. The molecule has 0 aliphatic rings. The minimum atomic E-state index is -0.665. The second-order valence-electron chi connectivity index (χ2n) is 6.13. The standard InChI is InChI=1S/C21H15N5O3/c22-9-4-10-25-14-16(19-7-1-2-8-20(19)25)11-15(13-23)21(27)24-17-5-3-6-18(12-17)26(28)29/h1-3,5-8,11-12,14H,4,10H2,(H,24,27). The molecule has 8 heteroatoms. The molecule has 3 aromatic rings. The van der Waals surface area contributed by atoms with Gasteiger partial charge in [-0.1, -0.05) is 24.3 Å². The fraction of sp³-hybridized carbons (Fsp3) is 0.0952. The molecule has 29 heavy (non-hydrogen) atoms. The summed E-state index contributed by atoms with van der Waals surface area (Å²) in [5.41, 5.74) is 1.49. The van der Waals surface area contributed by atoms with Gasteiger partial charge in [0.25, 0.3) is 11.6 Å². The molecule has 0 unspecified atom stereocenters. The molecule has 3 rings (SSSR count). The Labute approximate surface area is 166 Å². The highest BCUT2D eigenvalue weighted by atomic mass is 16.6. The lowest BCUT2D eigenvalue weighted by molar-refractivity contribution is -0.384. The molecule has 0 saturated heterocycles. The number of rotatable bonds is 6. The van der Waals surface area contributed by atoms with Crippen LogP contribution in [0.1, 0.15) is 12.0 Å². The average molecular weight is 385 g/mol. The van der Waals surface area contributed by atoms with E-state index in [1.54, 1.807) is 6.20 Å². The van der Waals surface area contributed by atoms with Crippen LogP contribution in [-0.4, -0.2) is 15.4 Å². The number of hydrogen-bond acceptors (Lipinski definition) is 5. The first kappa shape index (κ1) is 19.3. The monoisotopic (exact) mass is 385 g/mol. The van der Waals surface area contributed by atoms with Crippen molar-refractivity contribution in [3.8, 4) is 12.1 Å². The second kappa shape index (κ2) is 8.51. The lowest BCUT2D eigenvalue weighted by Gasteiger charge is -2.04. The van der Waals surface area contributed by atoms with Crippen molar-refractivity contribution in [2.24, 2.45) is 0 Å². The number of benzene rings is 2. The molecule has 0 bridgehead atoms. The number of aryl methyl sites for hydroxylation is 1. The molecule has 0 radical (unpaired) electrons. The topological polar surface area (TPSA) is 125 Å². The van der Waals surface area contributed by atoms with Gasteiger partial charge in [0.2, 0.25) is 0 Å². The molecule has 0 saturated carbocycles. The zero-order chi connectivity index (χ0) is 20.8. The molecular formula is C21H15N5O3. The predicted octanol–water partition coefficient (Wildman–Crippen LogP) is 4.01. The zero-order valence-electron chi connectivity index (χ0n) is 15.2. The van der Waals surface area contributed by atoms with Crippen molar-refractivity contribution in [1.29, 1.82) is 10.5 Å². The molecule has 1 aromatic heterocycles. The van der Waals surface area contributed by atoms with E-state index < -0.39 is 10.8 Å². The van der Waals surface area contributed by atoms with Crippen molar-refractivity contribution < 1.29 is 9.72 Å². The van der Waals surface area contributed by atoms with E-state index >= 15 is 0 Å². The van der Waals surface area contributed by atoms with Crippen molar-refractivity contribution >= 4 is 34.3 Å². The molecule has 2 aromatic carbocycles. The normalized spacial score (nSPS) is 10.9. The molecule has 0 atom stereocenters. The van der Waals surface area contributed by atoms with E-state index in [0.29, 0.717) is 18.5 Å². The lowest BCUT2D eigenvalue weighted by atomic mass is 10.1. The average Bonchev–Trinajstić information content (AvgIpc) is 3.08. The van der Waals surface area contributed by atoms with E-state index in [2.05, 4.69) is 11.4 Å². The molecule has 8 nitrogen and oxygen atoms in total. The third-order valence-corrected chi connectivity index (χ3v) is 4.26. The fourth-order valence-electron chi connectivity index (χ4n) is 2.95. The van der Waals surface area contributed by atoms with Gasteiger partial charge in [-0.2, -0.15) is 10.5 Å². The number of amides is 1. The Kier molecular flexibility index (Phi) is 5.67. The highest BCUT2D eigenvalue weighted by Crippen LogP contribution is 2.24. The van der Waals surface area contributed by atoms with Gasteiger partial charge in [0.05, 0.1) is 17.4 Å². The maximum Gasteiger partial charge on any atom is 0.271 e. The summed E-state index contributed by atoms with van der Waals surface area (Å²) in [7, 11) is 0. The number of non-ortho nitro benzene ring substituents is 1. The number of nitriles is 2. The number of nitro groups is 1. The number of carbonyl (C=O) groups excluding carboxylic acids is 1. The van der Waals surface area contributed by atoms with Crippen LogP contribution in [0.3, 0.4) is 0 Å².